The molecule has 0 radical (unpaired) electrons. The molecule has 3 rings (SSSR count). The Morgan fingerprint density at radius 2 is 1.73 bits per heavy atom. The Morgan fingerprint density at radius 3 is 2.32 bits per heavy atom. The number of nitrogens with zero attached hydrogens (tertiary/aromatic N) is 2. The van der Waals surface area contributed by atoms with Crippen molar-refractivity contribution in [1.82, 2.24) is 15.5 Å². The lowest BCUT2D eigenvalue weighted by atomic mass is 10.0. The Bertz CT molecular complexity index is 527. The summed E-state index contributed by atoms with van der Waals surface area (Å²) in [6, 6.07) is 8.17. The van der Waals surface area contributed by atoms with Gasteiger partial charge in [-0.1, -0.05) is 18.5 Å². The molecule has 2 saturated heterocycles. The first-order valence-corrected chi connectivity index (χ1v) is 8.23. The van der Waals surface area contributed by atoms with Crippen molar-refractivity contribution in [1.29, 1.82) is 0 Å². The Balaban J connectivity index is 1.57. The van der Waals surface area contributed by atoms with Crippen molar-refractivity contribution in [2.75, 3.05) is 31.1 Å². The summed E-state index contributed by atoms with van der Waals surface area (Å²) < 4.78 is 0. The molecule has 1 amide bonds. The number of hydrogen-bond donors (Lipinski definition) is 2. The van der Waals surface area contributed by atoms with Crippen LogP contribution < -0.4 is 15.5 Å². The summed E-state index contributed by atoms with van der Waals surface area (Å²) in [6.45, 7) is 7.75. The van der Waals surface area contributed by atoms with Crippen LogP contribution >= 0.6 is 11.6 Å². The van der Waals surface area contributed by atoms with E-state index in [-0.39, 0.29) is 24.2 Å². The molecule has 2 aliphatic heterocycles. The highest BCUT2D eigenvalue weighted by atomic mass is 35.5. The third-order valence-corrected chi connectivity index (χ3v) is 4.99. The first-order valence-electron chi connectivity index (χ1n) is 7.85. The number of carbonyl (C=O) groups is 1. The molecule has 0 saturated carbocycles. The molecule has 0 aromatic heterocycles. The van der Waals surface area contributed by atoms with Crippen LogP contribution in [0.15, 0.2) is 24.3 Å². The van der Waals surface area contributed by atoms with Crippen LogP contribution in [0, 0.1) is 5.92 Å². The van der Waals surface area contributed by atoms with E-state index in [1.54, 1.807) is 0 Å². The van der Waals surface area contributed by atoms with Crippen LogP contribution in [0.3, 0.4) is 0 Å². The fourth-order valence-electron chi connectivity index (χ4n) is 3.02. The van der Waals surface area contributed by atoms with E-state index in [0.717, 1.165) is 31.2 Å². The molecule has 2 aliphatic rings. The largest absolute Gasteiger partial charge is 0.369 e. The van der Waals surface area contributed by atoms with Gasteiger partial charge in [-0.3, -0.25) is 15.0 Å². The van der Waals surface area contributed by atoms with E-state index >= 15 is 0 Å². The van der Waals surface area contributed by atoms with Gasteiger partial charge in [-0.25, -0.2) is 0 Å². The molecule has 120 valence electrons. The summed E-state index contributed by atoms with van der Waals surface area (Å²) in [5.74, 6) is 0.156. The fraction of sp³-hybridized carbons (Fsp3) is 0.562. The van der Waals surface area contributed by atoms with E-state index in [1.165, 1.54) is 5.69 Å². The Morgan fingerprint density at radius 1 is 1.09 bits per heavy atom. The normalized spacial score (nSPS) is 30.2. The maximum atomic E-state index is 12.0. The van der Waals surface area contributed by atoms with E-state index in [1.807, 2.05) is 19.1 Å². The van der Waals surface area contributed by atoms with Gasteiger partial charge < -0.3 is 10.2 Å². The third-order valence-electron chi connectivity index (χ3n) is 4.73. The topological polar surface area (TPSA) is 47.6 Å². The van der Waals surface area contributed by atoms with Crippen molar-refractivity contribution in [2.24, 2.45) is 5.92 Å². The quantitative estimate of drug-likeness (QED) is 0.866. The van der Waals surface area contributed by atoms with Crippen LogP contribution in [0.4, 0.5) is 5.69 Å². The highest BCUT2D eigenvalue weighted by molar-refractivity contribution is 6.30. The highest BCUT2D eigenvalue weighted by Gasteiger charge is 2.34. The van der Waals surface area contributed by atoms with Gasteiger partial charge in [0, 0.05) is 42.9 Å². The van der Waals surface area contributed by atoms with E-state index in [4.69, 9.17) is 11.6 Å². The standard InChI is InChI=1S/C16H23ClN4O/c1-11-12(2)18-16(19-15(11)22)21-9-7-20(8-10-21)14-5-3-13(17)4-6-14/h3-6,11-12,16,18H,7-10H2,1-2H3,(H,19,22). The van der Waals surface area contributed by atoms with Gasteiger partial charge in [0.25, 0.3) is 0 Å². The summed E-state index contributed by atoms with van der Waals surface area (Å²) >= 11 is 5.94. The molecular formula is C16H23ClN4O. The summed E-state index contributed by atoms with van der Waals surface area (Å²) in [4.78, 5) is 16.6. The molecule has 1 aromatic rings. The highest BCUT2D eigenvalue weighted by Crippen LogP contribution is 2.20. The van der Waals surface area contributed by atoms with Crippen molar-refractivity contribution < 1.29 is 4.79 Å². The fourth-order valence-corrected chi connectivity index (χ4v) is 3.14. The maximum Gasteiger partial charge on any atom is 0.226 e. The van der Waals surface area contributed by atoms with E-state index in [2.05, 4.69) is 39.5 Å². The van der Waals surface area contributed by atoms with E-state index in [9.17, 15) is 4.79 Å². The predicted octanol–water partition coefficient (Wildman–Crippen LogP) is 1.49. The van der Waals surface area contributed by atoms with Crippen LogP contribution in [-0.4, -0.2) is 49.3 Å². The molecule has 0 aliphatic carbocycles. The molecule has 0 spiro atoms. The van der Waals surface area contributed by atoms with Crippen LogP contribution in [0.2, 0.25) is 5.02 Å². The smallest absolute Gasteiger partial charge is 0.226 e. The van der Waals surface area contributed by atoms with Crippen LogP contribution in [0.1, 0.15) is 13.8 Å². The minimum atomic E-state index is -0.0499. The number of benzene rings is 1. The SMILES string of the molecule is CC1NC(N2CCN(c3ccc(Cl)cc3)CC2)NC(=O)C1C. The van der Waals surface area contributed by atoms with Crippen LogP contribution in [0.5, 0.6) is 0 Å². The number of rotatable bonds is 2. The molecule has 2 fully saturated rings. The Hall–Kier alpha value is -1.30. The van der Waals surface area contributed by atoms with Crippen molar-refractivity contribution in [3.8, 4) is 0 Å². The average Bonchev–Trinajstić information content (AvgIpc) is 2.53. The second kappa shape index (κ2) is 6.44. The molecule has 5 nitrogen and oxygen atoms in total. The van der Waals surface area contributed by atoms with Crippen molar-refractivity contribution in [2.45, 2.75) is 26.2 Å². The summed E-state index contributed by atoms with van der Waals surface area (Å²) in [5, 5.41) is 7.32. The van der Waals surface area contributed by atoms with Gasteiger partial charge >= 0.3 is 0 Å². The first-order chi connectivity index (χ1) is 10.5. The number of halogens is 1. The number of carbonyl (C=O) groups excluding carboxylic acids is 1. The van der Waals surface area contributed by atoms with Gasteiger partial charge in [-0.05, 0) is 31.2 Å². The number of nitrogens with one attached hydrogen (secondary N) is 2. The third kappa shape index (κ3) is 3.21. The molecule has 2 heterocycles. The van der Waals surface area contributed by atoms with E-state index < -0.39 is 0 Å². The molecule has 22 heavy (non-hydrogen) atoms. The second-order valence-corrected chi connectivity index (χ2v) is 6.59. The van der Waals surface area contributed by atoms with Gasteiger partial charge in [0.15, 0.2) is 0 Å². The van der Waals surface area contributed by atoms with E-state index in [0.29, 0.717) is 0 Å². The van der Waals surface area contributed by atoms with Crippen LogP contribution in [-0.2, 0) is 4.79 Å². The molecule has 0 bridgehead atoms. The number of piperazine rings is 1. The Kier molecular flexibility index (Phi) is 4.57. The van der Waals surface area contributed by atoms with Gasteiger partial charge in [-0.2, -0.15) is 0 Å². The molecule has 1 aromatic carbocycles. The first kappa shape index (κ1) is 15.6. The number of anilines is 1. The zero-order valence-corrected chi connectivity index (χ0v) is 13.8. The number of amides is 1. The lowest BCUT2D eigenvalue weighted by Crippen LogP contribution is -2.68. The summed E-state index contributed by atoms with van der Waals surface area (Å²) in [7, 11) is 0. The minimum Gasteiger partial charge on any atom is -0.369 e. The van der Waals surface area contributed by atoms with Gasteiger partial charge in [-0.15, -0.1) is 0 Å². The maximum absolute atomic E-state index is 12.0. The zero-order valence-electron chi connectivity index (χ0n) is 13.1. The zero-order chi connectivity index (χ0) is 15.7. The Labute approximate surface area is 136 Å². The van der Waals surface area contributed by atoms with Crippen molar-refractivity contribution in [3.63, 3.8) is 0 Å². The van der Waals surface area contributed by atoms with Crippen molar-refractivity contribution in [3.05, 3.63) is 29.3 Å². The lowest BCUT2D eigenvalue weighted by molar-refractivity contribution is -0.131. The predicted molar refractivity (Wildman–Crippen MR) is 88.9 cm³/mol. The monoisotopic (exact) mass is 322 g/mol. The van der Waals surface area contributed by atoms with Crippen molar-refractivity contribution >= 4 is 23.2 Å². The van der Waals surface area contributed by atoms with Gasteiger partial charge in [0.2, 0.25) is 5.91 Å². The average molecular weight is 323 g/mol. The molecule has 6 heteroatoms. The molecule has 3 unspecified atom stereocenters. The van der Waals surface area contributed by atoms with Gasteiger partial charge in [0.05, 0.1) is 5.92 Å². The molecular weight excluding hydrogens is 300 g/mol. The lowest BCUT2D eigenvalue weighted by Gasteiger charge is -2.44. The van der Waals surface area contributed by atoms with Gasteiger partial charge in [0.1, 0.15) is 6.29 Å². The second-order valence-electron chi connectivity index (χ2n) is 6.15. The number of hydrogen-bond acceptors (Lipinski definition) is 4. The minimum absolute atomic E-state index is 0.0200. The molecule has 2 N–H and O–H groups in total. The summed E-state index contributed by atoms with van der Waals surface area (Å²) in [6.07, 6.45) is -0.0499. The summed E-state index contributed by atoms with van der Waals surface area (Å²) in [5.41, 5.74) is 1.20. The molecule has 3 atom stereocenters. The van der Waals surface area contributed by atoms with Crippen LogP contribution in [0.25, 0.3) is 0 Å².